The molecule has 2 rings (SSSR count). The van der Waals surface area contributed by atoms with Crippen LogP contribution in [0.25, 0.3) is 11.4 Å². The van der Waals surface area contributed by atoms with E-state index in [1.54, 1.807) is 26.0 Å². The van der Waals surface area contributed by atoms with Gasteiger partial charge in [0.15, 0.2) is 11.5 Å². The number of nitrogens with zero attached hydrogens (tertiary/aromatic N) is 2. The fourth-order valence-corrected chi connectivity index (χ4v) is 1.94. The summed E-state index contributed by atoms with van der Waals surface area (Å²) in [6, 6.07) is 3.41. The molecule has 2 aromatic rings. The van der Waals surface area contributed by atoms with E-state index in [0.717, 1.165) is 0 Å². The number of ether oxygens (including phenoxy) is 2. The molecular weight excluding hydrogens is 317 g/mol. The first kappa shape index (κ1) is 17.6. The van der Waals surface area contributed by atoms with Crippen LogP contribution >= 0.6 is 24.0 Å². The number of hydrogen-bond donors (Lipinski definition) is 1. The van der Waals surface area contributed by atoms with Gasteiger partial charge in [-0.3, -0.25) is 0 Å². The van der Waals surface area contributed by atoms with Gasteiger partial charge < -0.3 is 19.7 Å². The quantitative estimate of drug-likeness (QED) is 0.925. The molecule has 0 bridgehead atoms. The molecule has 0 unspecified atom stereocenters. The molecule has 2 N–H and O–H groups in total. The smallest absolute Gasteiger partial charge is 0.246 e. The Balaban J connectivity index is 0.00000220. The Morgan fingerprint density at radius 1 is 1.24 bits per heavy atom. The van der Waals surface area contributed by atoms with E-state index in [4.69, 9.17) is 31.3 Å². The monoisotopic (exact) mass is 333 g/mol. The first-order valence-electron chi connectivity index (χ1n) is 5.91. The summed E-state index contributed by atoms with van der Waals surface area (Å²) in [6.45, 7) is 3.57. The molecule has 116 valence electrons. The highest BCUT2D eigenvalue weighted by atomic mass is 35.5. The molecule has 0 spiro atoms. The molecule has 21 heavy (non-hydrogen) atoms. The van der Waals surface area contributed by atoms with Crippen molar-refractivity contribution in [2.24, 2.45) is 5.73 Å². The number of methoxy groups -OCH3 is 2. The van der Waals surface area contributed by atoms with Gasteiger partial charge in [0.05, 0.1) is 24.8 Å². The van der Waals surface area contributed by atoms with Gasteiger partial charge in [-0.15, -0.1) is 12.4 Å². The zero-order valence-corrected chi connectivity index (χ0v) is 13.7. The summed E-state index contributed by atoms with van der Waals surface area (Å²) in [5.41, 5.74) is 5.87. The second kappa shape index (κ2) is 6.51. The standard InChI is InChI=1S/C13H16ClN3O3.ClH/c1-13(2,15)12-16-11(17-20-12)7-5-8(14)10(19-4)9(6-7)18-3;/h5-6H,15H2,1-4H3;1H. The van der Waals surface area contributed by atoms with Gasteiger partial charge in [0, 0.05) is 5.56 Å². The molecule has 0 radical (unpaired) electrons. The van der Waals surface area contributed by atoms with Crippen LogP contribution in [0.1, 0.15) is 19.7 Å². The average molecular weight is 334 g/mol. The van der Waals surface area contributed by atoms with E-state index in [0.29, 0.717) is 33.8 Å². The van der Waals surface area contributed by atoms with Gasteiger partial charge in [0.2, 0.25) is 11.7 Å². The molecular formula is C13H17Cl2N3O3. The van der Waals surface area contributed by atoms with E-state index in [1.165, 1.54) is 14.2 Å². The van der Waals surface area contributed by atoms with E-state index >= 15 is 0 Å². The number of aromatic nitrogens is 2. The summed E-state index contributed by atoms with van der Waals surface area (Å²) in [7, 11) is 3.05. The van der Waals surface area contributed by atoms with Crippen LogP contribution in [0.2, 0.25) is 5.02 Å². The molecule has 6 nitrogen and oxygen atoms in total. The molecule has 0 fully saturated rings. The third-order valence-electron chi connectivity index (χ3n) is 2.67. The summed E-state index contributed by atoms with van der Waals surface area (Å²) < 4.78 is 15.6. The number of benzene rings is 1. The molecule has 0 aliphatic heterocycles. The zero-order chi connectivity index (χ0) is 14.9. The Kier molecular flexibility index (Phi) is 5.44. The minimum Gasteiger partial charge on any atom is -0.493 e. The minimum absolute atomic E-state index is 0. The van der Waals surface area contributed by atoms with Crippen molar-refractivity contribution < 1.29 is 14.0 Å². The SMILES string of the molecule is COc1cc(-c2noc(C(C)(C)N)n2)cc(Cl)c1OC.Cl. The predicted molar refractivity (Wildman–Crippen MR) is 82.3 cm³/mol. The lowest BCUT2D eigenvalue weighted by Crippen LogP contribution is -2.28. The van der Waals surface area contributed by atoms with E-state index in [1.807, 2.05) is 0 Å². The Bertz CT molecular complexity index is 624. The number of halogens is 2. The topological polar surface area (TPSA) is 83.4 Å². The van der Waals surface area contributed by atoms with Crippen LogP contribution in [-0.4, -0.2) is 24.4 Å². The summed E-state index contributed by atoms with van der Waals surface area (Å²) in [5.74, 6) is 1.69. The van der Waals surface area contributed by atoms with Crippen molar-refractivity contribution in [2.75, 3.05) is 14.2 Å². The third kappa shape index (κ3) is 3.58. The van der Waals surface area contributed by atoms with E-state index in [2.05, 4.69) is 10.1 Å². The van der Waals surface area contributed by atoms with Crippen LogP contribution in [0, 0.1) is 0 Å². The molecule has 8 heteroatoms. The van der Waals surface area contributed by atoms with Crippen molar-refractivity contribution in [2.45, 2.75) is 19.4 Å². The van der Waals surface area contributed by atoms with Crippen molar-refractivity contribution in [3.63, 3.8) is 0 Å². The van der Waals surface area contributed by atoms with Crippen LogP contribution in [0.15, 0.2) is 16.7 Å². The fraction of sp³-hybridized carbons (Fsp3) is 0.385. The summed E-state index contributed by atoms with van der Waals surface area (Å²) in [4.78, 5) is 4.27. The van der Waals surface area contributed by atoms with Crippen molar-refractivity contribution in [1.82, 2.24) is 10.1 Å². The molecule has 0 saturated heterocycles. The highest BCUT2D eigenvalue weighted by Gasteiger charge is 2.23. The Morgan fingerprint density at radius 2 is 1.90 bits per heavy atom. The average Bonchev–Trinajstić information content (AvgIpc) is 2.87. The van der Waals surface area contributed by atoms with Crippen LogP contribution in [0.4, 0.5) is 0 Å². The second-order valence-electron chi connectivity index (χ2n) is 4.84. The Labute approximate surface area is 134 Å². The maximum Gasteiger partial charge on any atom is 0.246 e. The lowest BCUT2D eigenvalue weighted by molar-refractivity contribution is 0.312. The normalized spacial score (nSPS) is 11.0. The first-order chi connectivity index (χ1) is 9.36. The van der Waals surface area contributed by atoms with E-state index < -0.39 is 5.54 Å². The second-order valence-corrected chi connectivity index (χ2v) is 5.25. The third-order valence-corrected chi connectivity index (χ3v) is 2.95. The van der Waals surface area contributed by atoms with Crippen LogP contribution < -0.4 is 15.2 Å². The molecule has 0 aliphatic carbocycles. The molecule has 0 amide bonds. The van der Waals surface area contributed by atoms with Crippen LogP contribution in [-0.2, 0) is 5.54 Å². The van der Waals surface area contributed by atoms with Crippen molar-refractivity contribution in [1.29, 1.82) is 0 Å². The molecule has 1 aromatic heterocycles. The van der Waals surface area contributed by atoms with Gasteiger partial charge in [0.1, 0.15) is 0 Å². The number of nitrogens with two attached hydrogens (primary N) is 1. The molecule has 1 heterocycles. The minimum atomic E-state index is -0.703. The van der Waals surface area contributed by atoms with Crippen molar-refractivity contribution in [3.8, 4) is 22.9 Å². The lowest BCUT2D eigenvalue weighted by atomic mass is 10.1. The highest BCUT2D eigenvalue weighted by Crippen LogP contribution is 2.38. The maximum atomic E-state index is 6.14. The lowest BCUT2D eigenvalue weighted by Gasteiger charge is -2.11. The molecule has 0 aliphatic rings. The van der Waals surface area contributed by atoms with Gasteiger partial charge >= 0.3 is 0 Å². The summed E-state index contributed by atoms with van der Waals surface area (Å²) in [5, 5.41) is 4.31. The summed E-state index contributed by atoms with van der Waals surface area (Å²) >= 11 is 6.14. The Morgan fingerprint density at radius 3 is 2.38 bits per heavy atom. The van der Waals surface area contributed by atoms with Crippen LogP contribution in [0.3, 0.4) is 0 Å². The van der Waals surface area contributed by atoms with Crippen LogP contribution in [0.5, 0.6) is 11.5 Å². The summed E-state index contributed by atoms with van der Waals surface area (Å²) in [6.07, 6.45) is 0. The van der Waals surface area contributed by atoms with Crippen molar-refractivity contribution >= 4 is 24.0 Å². The molecule has 0 saturated carbocycles. The molecule has 1 aromatic carbocycles. The fourth-order valence-electron chi connectivity index (χ4n) is 1.65. The number of rotatable bonds is 4. The highest BCUT2D eigenvalue weighted by molar-refractivity contribution is 6.32. The molecule has 0 atom stereocenters. The largest absolute Gasteiger partial charge is 0.493 e. The van der Waals surface area contributed by atoms with Gasteiger partial charge in [-0.25, -0.2) is 0 Å². The van der Waals surface area contributed by atoms with E-state index in [-0.39, 0.29) is 12.4 Å². The van der Waals surface area contributed by atoms with Gasteiger partial charge in [0.25, 0.3) is 0 Å². The maximum absolute atomic E-state index is 6.14. The predicted octanol–water partition coefficient (Wildman–Crippen LogP) is 3.02. The van der Waals surface area contributed by atoms with Gasteiger partial charge in [-0.1, -0.05) is 16.8 Å². The van der Waals surface area contributed by atoms with E-state index in [9.17, 15) is 0 Å². The van der Waals surface area contributed by atoms with Gasteiger partial charge in [-0.05, 0) is 26.0 Å². The van der Waals surface area contributed by atoms with Crippen molar-refractivity contribution in [3.05, 3.63) is 23.0 Å². The van der Waals surface area contributed by atoms with Gasteiger partial charge in [-0.2, -0.15) is 4.98 Å². The Hall–Kier alpha value is -1.50. The zero-order valence-electron chi connectivity index (χ0n) is 12.1. The first-order valence-corrected chi connectivity index (χ1v) is 6.29. The number of hydrogen-bond acceptors (Lipinski definition) is 6.